The number of carbonyl (C=O) groups is 1. The van der Waals surface area contributed by atoms with Gasteiger partial charge in [-0.25, -0.2) is 0 Å². The monoisotopic (exact) mass is 302 g/mol. The van der Waals surface area contributed by atoms with Gasteiger partial charge in [0.1, 0.15) is 0 Å². The van der Waals surface area contributed by atoms with Crippen molar-refractivity contribution in [2.75, 3.05) is 6.61 Å². The van der Waals surface area contributed by atoms with Crippen molar-refractivity contribution in [2.24, 2.45) is 35.0 Å². The molecule has 3 fully saturated rings. The predicted molar refractivity (Wildman–Crippen MR) is 87.3 cm³/mol. The van der Waals surface area contributed by atoms with Crippen LogP contribution in [-0.2, 0) is 4.79 Å². The number of fused-ring (bicyclic) bond motifs is 5. The molecule has 22 heavy (non-hydrogen) atoms. The van der Waals surface area contributed by atoms with Crippen molar-refractivity contribution < 1.29 is 9.90 Å². The van der Waals surface area contributed by atoms with Crippen LogP contribution in [0.1, 0.15) is 64.7 Å². The number of aliphatic hydroxyl groups is 1. The Hall–Kier alpha value is -0.630. The van der Waals surface area contributed by atoms with E-state index in [-0.39, 0.29) is 0 Å². The molecular formula is C20H30O2. The molecule has 0 unspecified atom stereocenters. The summed E-state index contributed by atoms with van der Waals surface area (Å²) in [5.41, 5.74) is 1.97. The van der Waals surface area contributed by atoms with Gasteiger partial charge in [0.2, 0.25) is 0 Å². The first-order valence-corrected chi connectivity index (χ1v) is 9.47. The van der Waals surface area contributed by atoms with Gasteiger partial charge in [-0.15, -0.1) is 0 Å². The van der Waals surface area contributed by atoms with Crippen LogP contribution in [0.3, 0.4) is 0 Å². The van der Waals surface area contributed by atoms with E-state index in [1.807, 2.05) is 6.08 Å². The smallest absolute Gasteiger partial charge is 0.155 e. The SMILES string of the molecule is C[C@]12CC[C@H]3[C@@H](CCC4=CC(=O)CC[C@@H]43)[C@@H]1CC[C@@H]2CCO. The van der Waals surface area contributed by atoms with Gasteiger partial charge in [-0.3, -0.25) is 4.79 Å². The Morgan fingerprint density at radius 3 is 2.82 bits per heavy atom. The van der Waals surface area contributed by atoms with Gasteiger partial charge in [0.15, 0.2) is 5.78 Å². The van der Waals surface area contributed by atoms with Crippen LogP contribution in [-0.4, -0.2) is 17.5 Å². The van der Waals surface area contributed by atoms with Gasteiger partial charge in [0, 0.05) is 13.0 Å². The van der Waals surface area contributed by atoms with Crippen molar-refractivity contribution in [3.63, 3.8) is 0 Å². The van der Waals surface area contributed by atoms with Crippen LogP contribution in [0.5, 0.6) is 0 Å². The summed E-state index contributed by atoms with van der Waals surface area (Å²) >= 11 is 0. The highest BCUT2D eigenvalue weighted by Gasteiger charge is 2.55. The zero-order chi connectivity index (χ0) is 15.3. The molecule has 0 spiro atoms. The van der Waals surface area contributed by atoms with Crippen molar-refractivity contribution in [3.05, 3.63) is 11.6 Å². The number of hydrogen-bond donors (Lipinski definition) is 1. The summed E-state index contributed by atoms with van der Waals surface area (Å²) in [4.78, 5) is 11.7. The van der Waals surface area contributed by atoms with E-state index in [1.165, 1.54) is 44.1 Å². The Balaban J connectivity index is 1.58. The summed E-state index contributed by atoms with van der Waals surface area (Å²) in [7, 11) is 0. The molecule has 0 radical (unpaired) electrons. The highest BCUT2D eigenvalue weighted by atomic mass is 16.3. The van der Waals surface area contributed by atoms with E-state index in [1.54, 1.807) is 0 Å². The zero-order valence-corrected chi connectivity index (χ0v) is 13.9. The van der Waals surface area contributed by atoms with E-state index < -0.39 is 0 Å². The number of ketones is 1. The minimum atomic E-state index is 0.360. The first-order valence-electron chi connectivity index (χ1n) is 9.47. The minimum absolute atomic E-state index is 0.360. The minimum Gasteiger partial charge on any atom is -0.396 e. The van der Waals surface area contributed by atoms with Crippen molar-refractivity contribution >= 4 is 5.78 Å². The van der Waals surface area contributed by atoms with E-state index >= 15 is 0 Å². The fourth-order valence-electron chi connectivity index (χ4n) is 6.92. The van der Waals surface area contributed by atoms with Crippen molar-refractivity contribution in [2.45, 2.75) is 64.7 Å². The second kappa shape index (κ2) is 5.47. The molecule has 0 aromatic carbocycles. The largest absolute Gasteiger partial charge is 0.396 e. The second-order valence-electron chi connectivity index (χ2n) is 8.63. The molecule has 4 aliphatic rings. The highest BCUT2D eigenvalue weighted by molar-refractivity contribution is 5.91. The van der Waals surface area contributed by atoms with Gasteiger partial charge in [-0.1, -0.05) is 12.5 Å². The molecule has 0 aliphatic heterocycles. The second-order valence-corrected chi connectivity index (χ2v) is 8.63. The lowest BCUT2D eigenvalue weighted by Gasteiger charge is -2.54. The zero-order valence-electron chi connectivity index (χ0n) is 13.9. The lowest BCUT2D eigenvalue weighted by atomic mass is 9.51. The van der Waals surface area contributed by atoms with Crippen LogP contribution >= 0.6 is 0 Å². The Kier molecular flexibility index (Phi) is 3.71. The third-order valence-electron chi connectivity index (χ3n) is 7.97. The summed E-state index contributed by atoms with van der Waals surface area (Å²) in [5.74, 6) is 4.44. The average molecular weight is 302 g/mol. The molecule has 4 rings (SSSR count). The van der Waals surface area contributed by atoms with Crippen molar-refractivity contribution in [3.8, 4) is 0 Å². The maximum atomic E-state index is 11.7. The first-order chi connectivity index (χ1) is 10.6. The van der Waals surface area contributed by atoms with Crippen LogP contribution < -0.4 is 0 Å². The Morgan fingerprint density at radius 1 is 1.14 bits per heavy atom. The van der Waals surface area contributed by atoms with Gasteiger partial charge in [0.25, 0.3) is 0 Å². The Labute approximate surface area is 134 Å². The van der Waals surface area contributed by atoms with Crippen molar-refractivity contribution in [1.29, 1.82) is 0 Å². The third kappa shape index (κ3) is 2.13. The lowest BCUT2D eigenvalue weighted by molar-refractivity contribution is -0.116. The maximum Gasteiger partial charge on any atom is 0.155 e. The molecule has 0 heterocycles. The normalized spacial score (nSPS) is 47.5. The number of hydrogen-bond acceptors (Lipinski definition) is 2. The molecule has 0 bridgehead atoms. The van der Waals surface area contributed by atoms with E-state index in [4.69, 9.17) is 0 Å². The van der Waals surface area contributed by atoms with Gasteiger partial charge in [0.05, 0.1) is 0 Å². The summed E-state index contributed by atoms with van der Waals surface area (Å²) in [6, 6.07) is 0. The molecule has 0 aromatic heterocycles. The number of aliphatic hydroxyl groups excluding tert-OH is 1. The molecule has 0 saturated heterocycles. The number of allylic oxidation sites excluding steroid dienone is 1. The van der Waals surface area contributed by atoms with E-state index in [0.29, 0.717) is 17.8 Å². The lowest BCUT2D eigenvalue weighted by Crippen LogP contribution is -2.46. The molecule has 3 saturated carbocycles. The first kappa shape index (κ1) is 14.9. The number of rotatable bonds is 2. The van der Waals surface area contributed by atoms with Crippen LogP contribution in [0.15, 0.2) is 11.6 Å². The van der Waals surface area contributed by atoms with Gasteiger partial charge >= 0.3 is 0 Å². The summed E-state index contributed by atoms with van der Waals surface area (Å²) < 4.78 is 0. The topological polar surface area (TPSA) is 37.3 Å². The molecule has 0 amide bonds. The standard InChI is InChI=1S/C20H30O2/c1-20-10-8-17-16-6-4-15(22)12-13(16)2-5-18(17)19(20)7-3-14(20)9-11-21/h12,14,16-19,21H,2-11H2,1H3/t14-,16+,17-,18-,19+,20-/m1/s1. The van der Waals surface area contributed by atoms with Gasteiger partial charge in [-0.2, -0.15) is 0 Å². The summed E-state index contributed by atoms with van der Waals surface area (Å²) in [6.07, 6.45) is 12.8. The highest BCUT2D eigenvalue weighted by Crippen LogP contribution is 2.64. The Bertz CT molecular complexity index is 494. The molecule has 2 heteroatoms. The van der Waals surface area contributed by atoms with Crippen molar-refractivity contribution in [1.82, 2.24) is 0 Å². The molecule has 0 aromatic rings. The molecule has 4 aliphatic carbocycles. The maximum absolute atomic E-state index is 11.7. The summed E-state index contributed by atoms with van der Waals surface area (Å²) in [5, 5.41) is 9.40. The van der Waals surface area contributed by atoms with E-state index in [0.717, 1.165) is 48.9 Å². The van der Waals surface area contributed by atoms with Gasteiger partial charge < -0.3 is 5.11 Å². The molecule has 2 nitrogen and oxygen atoms in total. The quantitative estimate of drug-likeness (QED) is 0.833. The van der Waals surface area contributed by atoms with Gasteiger partial charge in [-0.05, 0) is 92.4 Å². The van der Waals surface area contributed by atoms with E-state index in [2.05, 4.69) is 6.92 Å². The summed E-state index contributed by atoms with van der Waals surface area (Å²) in [6.45, 7) is 2.88. The number of carbonyl (C=O) groups excluding carboxylic acids is 1. The average Bonchev–Trinajstić information content (AvgIpc) is 2.84. The molecule has 1 N–H and O–H groups in total. The van der Waals surface area contributed by atoms with Crippen LogP contribution in [0.4, 0.5) is 0 Å². The fraction of sp³-hybridized carbons (Fsp3) is 0.850. The van der Waals surface area contributed by atoms with Crippen LogP contribution in [0.25, 0.3) is 0 Å². The van der Waals surface area contributed by atoms with Crippen LogP contribution in [0.2, 0.25) is 0 Å². The molecular weight excluding hydrogens is 272 g/mol. The third-order valence-corrected chi connectivity index (χ3v) is 7.97. The predicted octanol–water partition coefficient (Wildman–Crippen LogP) is 4.13. The van der Waals surface area contributed by atoms with Crippen LogP contribution in [0, 0.1) is 35.0 Å². The molecule has 122 valence electrons. The fourth-order valence-corrected chi connectivity index (χ4v) is 6.92. The van der Waals surface area contributed by atoms with E-state index in [9.17, 15) is 9.90 Å². The Morgan fingerprint density at radius 2 is 2.00 bits per heavy atom. The molecule has 6 atom stereocenters.